The number of hydrogen-bond donors (Lipinski definition) is 0. The SMILES string of the molecule is c1ccc(-c2cc(-c3ccccc3)nc(N3c4ccccc4C4(c5ccccc5-c5ccccc54)c4ccc(-c5cccc6c5sc5ccccc56)cc43)n2)cc1. The summed E-state index contributed by atoms with van der Waals surface area (Å²) in [6.07, 6.45) is 0. The molecule has 12 rings (SSSR count). The summed E-state index contributed by atoms with van der Waals surface area (Å²) in [6, 6.07) is 72.5. The van der Waals surface area contributed by atoms with E-state index in [1.54, 1.807) is 0 Å². The van der Waals surface area contributed by atoms with Crippen LogP contribution in [0.5, 0.6) is 0 Å². The minimum Gasteiger partial charge on any atom is -0.278 e. The van der Waals surface area contributed by atoms with Crippen LogP contribution >= 0.6 is 11.3 Å². The summed E-state index contributed by atoms with van der Waals surface area (Å²) in [6.45, 7) is 0. The van der Waals surface area contributed by atoms with E-state index >= 15 is 0 Å². The molecular formula is C53H33N3S. The van der Waals surface area contributed by atoms with Gasteiger partial charge < -0.3 is 0 Å². The fourth-order valence-corrected chi connectivity index (χ4v) is 10.8. The third kappa shape index (κ3) is 4.65. The number of fused-ring (bicyclic) bond motifs is 12. The van der Waals surface area contributed by atoms with Gasteiger partial charge in [0.15, 0.2) is 0 Å². The Morgan fingerprint density at radius 3 is 1.63 bits per heavy atom. The van der Waals surface area contributed by atoms with E-state index in [0.717, 1.165) is 39.5 Å². The van der Waals surface area contributed by atoms with Gasteiger partial charge in [0.1, 0.15) is 0 Å². The van der Waals surface area contributed by atoms with Gasteiger partial charge in [-0.2, -0.15) is 0 Å². The highest BCUT2D eigenvalue weighted by Crippen LogP contribution is 2.63. The molecule has 0 radical (unpaired) electrons. The molecule has 4 heteroatoms. The average molecular weight is 744 g/mol. The fraction of sp³-hybridized carbons (Fsp3) is 0.0189. The van der Waals surface area contributed by atoms with Crippen LogP contribution in [0.1, 0.15) is 22.3 Å². The maximum atomic E-state index is 5.45. The van der Waals surface area contributed by atoms with Crippen LogP contribution in [0.2, 0.25) is 0 Å². The lowest BCUT2D eigenvalue weighted by Gasteiger charge is -2.44. The fourth-order valence-electron chi connectivity index (χ4n) is 9.52. The number of anilines is 3. The van der Waals surface area contributed by atoms with E-state index in [1.807, 2.05) is 11.3 Å². The van der Waals surface area contributed by atoms with E-state index in [2.05, 4.69) is 205 Å². The molecule has 1 aliphatic heterocycles. The van der Waals surface area contributed by atoms with Crippen molar-refractivity contribution in [1.29, 1.82) is 0 Å². The van der Waals surface area contributed by atoms with Crippen LogP contribution in [0.15, 0.2) is 200 Å². The van der Waals surface area contributed by atoms with Crippen LogP contribution in [0, 0.1) is 0 Å². The number of benzene rings is 8. The van der Waals surface area contributed by atoms with Gasteiger partial charge in [-0.3, -0.25) is 4.90 Å². The molecule has 266 valence electrons. The first-order valence-corrected chi connectivity index (χ1v) is 20.2. The molecule has 0 N–H and O–H groups in total. The normalized spacial score (nSPS) is 13.4. The number of aromatic nitrogens is 2. The summed E-state index contributed by atoms with van der Waals surface area (Å²) in [5.74, 6) is 0.635. The van der Waals surface area contributed by atoms with Gasteiger partial charge in [0.2, 0.25) is 5.95 Å². The Morgan fingerprint density at radius 2 is 0.930 bits per heavy atom. The molecule has 2 aromatic heterocycles. The quantitative estimate of drug-likeness (QED) is 0.180. The van der Waals surface area contributed by atoms with Gasteiger partial charge in [0, 0.05) is 31.3 Å². The highest BCUT2D eigenvalue weighted by molar-refractivity contribution is 7.26. The Balaban J connectivity index is 1.19. The van der Waals surface area contributed by atoms with Crippen LogP contribution in [0.3, 0.4) is 0 Å². The molecule has 0 saturated heterocycles. The molecule has 8 aromatic carbocycles. The molecule has 0 atom stereocenters. The van der Waals surface area contributed by atoms with Crippen molar-refractivity contribution in [2.45, 2.75) is 5.41 Å². The van der Waals surface area contributed by atoms with Crippen molar-refractivity contribution in [3.8, 4) is 44.8 Å². The summed E-state index contributed by atoms with van der Waals surface area (Å²) in [5.41, 5.74) is 15.4. The lowest BCUT2D eigenvalue weighted by molar-refractivity contribution is 0.750. The monoisotopic (exact) mass is 743 g/mol. The largest absolute Gasteiger partial charge is 0.278 e. The number of para-hydroxylation sites is 1. The number of thiophene rings is 1. The third-order valence-electron chi connectivity index (χ3n) is 11.9. The highest BCUT2D eigenvalue weighted by atomic mass is 32.1. The van der Waals surface area contributed by atoms with Gasteiger partial charge in [0.25, 0.3) is 0 Å². The molecule has 3 heterocycles. The van der Waals surface area contributed by atoms with E-state index in [1.165, 1.54) is 59.1 Å². The predicted molar refractivity (Wildman–Crippen MR) is 237 cm³/mol. The zero-order chi connectivity index (χ0) is 37.5. The molecule has 0 fully saturated rings. The van der Waals surface area contributed by atoms with Crippen molar-refractivity contribution in [2.75, 3.05) is 4.90 Å². The number of rotatable bonds is 4. The van der Waals surface area contributed by atoms with Gasteiger partial charge in [-0.05, 0) is 68.8 Å². The smallest absolute Gasteiger partial charge is 0.235 e. The average Bonchev–Trinajstić information content (AvgIpc) is 3.81. The van der Waals surface area contributed by atoms with Crippen molar-refractivity contribution in [3.63, 3.8) is 0 Å². The first kappa shape index (κ1) is 32.1. The molecule has 3 nitrogen and oxygen atoms in total. The summed E-state index contributed by atoms with van der Waals surface area (Å²) in [5, 5.41) is 2.58. The molecular weight excluding hydrogens is 711 g/mol. The van der Waals surface area contributed by atoms with E-state index < -0.39 is 5.41 Å². The number of hydrogen-bond acceptors (Lipinski definition) is 4. The Kier molecular flexibility index (Phi) is 7.01. The van der Waals surface area contributed by atoms with Crippen LogP contribution in [0.25, 0.3) is 64.9 Å². The first-order valence-electron chi connectivity index (χ1n) is 19.4. The minimum absolute atomic E-state index is 0.558. The van der Waals surface area contributed by atoms with Crippen molar-refractivity contribution in [1.82, 2.24) is 9.97 Å². The third-order valence-corrected chi connectivity index (χ3v) is 13.1. The molecule has 57 heavy (non-hydrogen) atoms. The standard InChI is InChI=1S/C53H33N3S/c1-3-16-34(17-4-1)46-33-47(35-18-5-2-6-19-35)55-52(54-46)56-48-28-13-12-27-44(48)53(42-25-10-7-20-38(42)39-21-8-11-26-43(39)53)45-31-30-36(32-49(45)56)37-23-15-24-41-40-22-9-14-29-50(40)57-51(37)41/h1-33H. The summed E-state index contributed by atoms with van der Waals surface area (Å²) >= 11 is 1.87. The van der Waals surface area contributed by atoms with E-state index in [-0.39, 0.29) is 0 Å². The highest BCUT2D eigenvalue weighted by Gasteiger charge is 2.52. The van der Waals surface area contributed by atoms with Crippen LogP contribution < -0.4 is 4.90 Å². The first-order chi connectivity index (χ1) is 28.3. The minimum atomic E-state index is -0.558. The topological polar surface area (TPSA) is 29.0 Å². The maximum Gasteiger partial charge on any atom is 0.235 e. The molecule has 1 spiro atoms. The van der Waals surface area contributed by atoms with Crippen LogP contribution in [-0.4, -0.2) is 9.97 Å². The Morgan fingerprint density at radius 1 is 0.386 bits per heavy atom. The summed E-state index contributed by atoms with van der Waals surface area (Å²) < 4.78 is 2.59. The molecule has 2 aliphatic rings. The lowest BCUT2D eigenvalue weighted by Crippen LogP contribution is -2.36. The maximum absolute atomic E-state index is 5.45. The summed E-state index contributed by atoms with van der Waals surface area (Å²) in [4.78, 5) is 13.2. The predicted octanol–water partition coefficient (Wildman–Crippen LogP) is 14.0. The Hall–Kier alpha value is -7.14. The molecule has 0 saturated carbocycles. The van der Waals surface area contributed by atoms with Gasteiger partial charge in [0.05, 0.1) is 28.2 Å². The second-order valence-electron chi connectivity index (χ2n) is 14.9. The van der Waals surface area contributed by atoms with Crippen molar-refractivity contribution in [3.05, 3.63) is 222 Å². The second kappa shape index (κ2) is 12.4. The van der Waals surface area contributed by atoms with Crippen molar-refractivity contribution >= 4 is 48.8 Å². The van der Waals surface area contributed by atoms with Crippen molar-refractivity contribution < 1.29 is 0 Å². The van der Waals surface area contributed by atoms with Crippen molar-refractivity contribution in [2.24, 2.45) is 0 Å². The molecule has 0 bridgehead atoms. The summed E-state index contributed by atoms with van der Waals surface area (Å²) in [7, 11) is 0. The molecule has 0 unspecified atom stereocenters. The van der Waals surface area contributed by atoms with Gasteiger partial charge in [-0.1, -0.05) is 176 Å². The number of nitrogens with zero attached hydrogens (tertiary/aromatic N) is 3. The van der Waals surface area contributed by atoms with Gasteiger partial charge in [-0.25, -0.2) is 9.97 Å². The molecule has 1 aliphatic carbocycles. The Labute approximate surface area is 334 Å². The van der Waals surface area contributed by atoms with E-state index in [9.17, 15) is 0 Å². The lowest BCUT2D eigenvalue weighted by atomic mass is 9.64. The van der Waals surface area contributed by atoms with E-state index in [0.29, 0.717) is 5.95 Å². The van der Waals surface area contributed by atoms with Gasteiger partial charge >= 0.3 is 0 Å². The zero-order valence-corrected chi connectivity index (χ0v) is 31.6. The van der Waals surface area contributed by atoms with Crippen LogP contribution in [0.4, 0.5) is 17.3 Å². The molecule has 0 amide bonds. The zero-order valence-electron chi connectivity index (χ0n) is 30.8. The molecule has 10 aromatic rings. The van der Waals surface area contributed by atoms with Gasteiger partial charge in [-0.15, -0.1) is 11.3 Å². The Bertz CT molecular complexity index is 3100. The van der Waals surface area contributed by atoms with Crippen LogP contribution in [-0.2, 0) is 5.41 Å². The second-order valence-corrected chi connectivity index (χ2v) is 15.9. The van der Waals surface area contributed by atoms with E-state index in [4.69, 9.17) is 9.97 Å².